The molecule has 0 radical (unpaired) electrons. The molecule has 1 fully saturated rings. The van der Waals surface area contributed by atoms with E-state index >= 15 is 0 Å². The first kappa shape index (κ1) is 13.5. The van der Waals surface area contributed by atoms with Crippen LogP contribution in [0.15, 0.2) is 24.3 Å². The van der Waals surface area contributed by atoms with Gasteiger partial charge in [-0.25, -0.2) is 13.6 Å². The van der Waals surface area contributed by atoms with E-state index in [0.29, 0.717) is 19.0 Å². The predicted octanol–water partition coefficient (Wildman–Crippen LogP) is 0.947. The fourth-order valence-corrected chi connectivity index (χ4v) is 3.24. The summed E-state index contributed by atoms with van der Waals surface area (Å²) >= 11 is 0. The second-order valence-corrected chi connectivity index (χ2v) is 6.87. The Morgan fingerprint density at radius 1 is 1.33 bits per heavy atom. The Labute approximate surface area is 109 Å². The fourth-order valence-electron chi connectivity index (χ4n) is 2.45. The molecule has 100 valence electrons. The van der Waals surface area contributed by atoms with Crippen LogP contribution >= 0.6 is 0 Å². The average molecular weight is 268 g/mol. The Hall–Kier alpha value is -0.910. The van der Waals surface area contributed by atoms with Crippen LogP contribution in [0.4, 0.5) is 0 Å². The van der Waals surface area contributed by atoms with Gasteiger partial charge in [0.15, 0.2) is 0 Å². The SMILES string of the molecule is Cc1ccccc1CC1CCC(S(N)(=O)=O)CN1. The lowest BCUT2D eigenvalue weighted by molar-refractivity contribution is 0.396. The summed E-state index contributed by atoms with van der Waals surface area (Å²) in [6.45, 7) is 2.57. The maximum absolute atomic E-state index is 11.2. The molecule has 0 aliphatic carbocycles. The molecule has 2 rings (SSSR count). The van der Waals surface area contributed by atoms with Gasteiger partial charge in [0, 0.05) is 12.6 Å². The molecular weight excluding hydrogens is 248 g/mol. The Bertz CT molecular complexity index is 505. The normalized spacial score (nSPS) is 25.0. The van der Waals surface area contributed by atoms with Crippen LogP contribution in [0.2, 0.25) is 0 Å². The van der Waals surface area contributed by atoms with Crippen molar-refractivity contribution >= 4 is 10.0 Å². The number of piperidine rings is 1. The first-order valence-corrected chi connectivity index (χ1v) is 7.87. The monoisotopic (exact) mass is 268 g/mol. The summed E-state index contributed by atoms with van der Waals surface area (Å²) in [6, 6.07) is 8.65. The molecule has 2 atom stereocenters. The molecule has 0 bridgehead atoms. The van der Waals surface area contributed by atoms with E-state index in [4.69, 9.17) is 5.14 Å². The maximum Gasteiger partial charge on any atom is 0.213 e. The van der Waals surface area contributed by atoms with Gasteiger partial charge in [0.05, 0.1) is 5.25 Å². The summed E-state index contributed by atoms with van der Waals surface area (Å²) in [5.74, 6) is 0. The number of nitrogens with two attached hydrogens (primary N) is 1. The molecule has 2 unspecified atom stereocenters. The zero-order valence-corrected chi connectivity index (χ0v) is 11.4. The quantitative estimate of drug-likeness (QED) is 0.857. The van der Waals surface area contributed by atoms with E-state index < -0.39 is 15.3 Å². The van der Waals surface area contributed by atoms with Crippen molar-refractivity contribution in [3.63, 3.8) is 0 Å². The Balaban J connectivity index is 1.94. The number of hydrogen-bond acceptors (Lipinski definition) is 3. The zero-order valence-electron chi connectivity index (χ0n) is 10.6. The minimum absolute atomic E-state index is 0.351. The third kappa shape index (κ3) is 3.31. The highest BCUT2D eigenvalue weighted by molar-refractivity contribution is 7.89. The number of sulfonamides is 1. The van der Waals surface area contributed by atoms with Gasteiger partial charge in [-0.1, -0.05) is 24.3 Å². The molecule has 1 saturated heterocycles. The molecule has 3 N–H and O–H groups in total. The lowest BCUT2D eigenvalue weighted by atomic mass is 9.95. The van der Waals surface area contributed by atoms with Crippen LogP contribution in [0.5, 0.6) is 0 Å². The summed E-state index contributed by atoms with van der Waals surface area (Å²) in [5.41, 5.74) is 2.61. The number of primary sulfonamides is 1. The van der Waals surface area contributed by atoms with Crippen molar-refractivity contribution in [2.24, 2.45) is 5.14 Å². The van der Waals surface area contributed by atoms with Crippen LogP contribution in [-0.2, 0) is 16.4 Å². The van der Waals surface area contributed by atoms with Gasteiger partial charge >= 0.3 is 0 Å². The molecule has 1 aliphatic rings. The Morgan fingerprint density at radius 3 is 2.61 bits per heavy atom. The fraction of sp³-hybridized carbons (Fsp3) is 0.538. The Morgan fingerprint density at radius 2 is 2.06 bits per heavy atom. The van der Waals surface area contributed by atoms with Crippen molar-refractivity contribution in [3.05, 3.63) is 35.4 Å². The minimum atomic E-state index is -3.39. The zero-order chi connectivity index (χ0) is 13.2. The van der Waals surface area contributed by atoms with E-state index in [0.717, 1.165) is 12.8 Å². The average Bonchev–Trinajstić information content (AvgIpc) is 2.32. The second-order valence-electron chi connectivity index (χ2n) is 5.02. The van der Waals surface area contributed by atoms with E-state index in [9.17, 15) is 8.42 Å². The predicted molar refractivity (Wildman–Crippen MR) is 72.8 cm³/mol. The Kier molecular flexibility index (Phi) is 4.04. The van der Waals surface area contributed by atoms with Crippen LogP contribution < -0.4 is 10.5 Å². The van der Waals surface area contributed by atoms with Crippen molar-refractivity contribution < 1.29 is 8.42 Å². The molecule has 1 aromatic rings. The number of aryl methyl sites for hydroxylation is 1. The van der Waals surface area contributed by atoms with Crippen molar-refractivity contribution in [1.82, 2.24) is 5.32 Å². The smallest absolute Gasteiger partial charge is 0.213 e. The van der Waals surface area contributed by atoms with Crippen molar-refractivity contribution in [3.8, 4) is 0 Å². The molecule has 5 heteroatoms. The van der Waals surface area contributed by atoms with E-state index in [-0.39, 0.29) is 0 Å². The number of rotatable bonds is 3. The summed E-state index contributed by atoms with van der Waals surface area (Å²) in [7, 11) is -3.39. The van der Waals surface area contributed by atoms with Crippen LogP contribution in [0.25, 0.3) is 0 Å². The number of nitrogens with one attached hydrogen (secondary N) is 1. The molecule has 1 aliphatic heterocycles. The van der Waals surface area contributed by atoms with Gasteiger partial charge < -0.3 is 5.32 Å². The highest BCUT2D eigenvalue weighted by Gasteiger charge is 2.27. The molecule has 0 saturated carbocycles. The summed E-state index contributed by atoms with van der Waals surface area (Å²) in [5, 5.41) is 8.03. The second kappa shape index (κ2) is 5.38. The third-order valence-electron chi connectivity index (χ3n) is 3.66. The van der Waals surface area contributed by atoms with E-state index in [1.165, 1.54) is 11.1 Å². The summed E-state index contributed by atoms with van der Waals surface area (Å²) in [6.07, 6.45) is 2.46. The molecule has 0 amide bonds. The first-order valence-electron chi connectivity index (χ1n) is 6.26. The van der Waals surface area contributed by atoms with Gasteiger partial charge in [-0.15, -0.1) is 0 Å². The first-order chi connectivity index (χ1) is 8.47. The molecule has 1 heterocycles. The van der Waals surface area contributed by atoms with Crippen LogP contribution in [0.3, 0.4) is 0 Å². The highest BCUT2D eigenvalue weighted by Crippen LogP contribution is 2.18. The van der Waals surface area contributed by atoms with Gasteiger partial charge in [0.1, 0.15) is 0 Å². The lowest BCUT2D eigenvalue weighted by Crippen LogP contribution is -2.47. The summed E-state index contributed by atoms with van der Waals surface area (Å²) in [4.78, 5) is 0. The minimum Gasteiger partial charge on any atom is -0.312 e. The van der Waals surface area contributed by atoms with Crippen molar-refractivity contribution in [1.29, 1.82) is 0 Å². The van der Waals surface area contributed by atoms with Crippen LogP contribution in [-0.4, -0.2) is 26.3 Å². The van der Waals surface area contributed by atoms with Gasteiger partial charge in [-0.05, 0) is 37.3 Å². The topological polar surface area (TPSA) is 72.2 Å². The van der Waals surface area contributed by atoms with Gasteiger partial charge in [0.25, 0.3) is 0 Å². The molecule has 0 spiro atoms. The van der Waals surface area contributed by atoms with E-state index in [2.05, 4.69) is 24.4 Å². The largest absolute Gasteiger partial charge is 0.312 e. The molecular formula is C13H20N2O2S. The van der Waals surface area contributed by atoms with E-state index in [1.807, 2.05) is 12.1 Å². The van der Waals surface area contributed by atoms with Crippen molar-refractivity contribution in [2.45, 2.75) is 37.5 Å². The van der Waals surface area contributed by atoms with Crippen LogP contribution in [0, 0.1) is 6.92 Å². The van der Waals surface area contributed by atoms with E-state index in [1.54, 1.807) is 0 Å². The lowest BCUT2D eigenvalue weighted by Gasteiger charge is -2.29. The number of hydrogen-bond donors (Lipinski definition) is 2. The molecule has 18 heavy (non-hydrogen) atoms. The highest BCUT2D eigenvalue weighted by atomic mass is 32.2. The number of benzene rings is 1. The van der Waals surface area contributed by atoms with Gasteiger partial charge in [-0.2, -0.15) is 0 Å². The molecule has 1 aromatic carbocycles. The van der Waals surface area contributed by atoms with Gasteiger partial charge in [-0.3, -0.25) is 0 Å². The standard InChI is InChI=1S/C13H20N2O2S/c1-10-4-2-3-5-11(10)8-12-6-7-13(9-15-12)18(14,16)17/h2-5,12-13,15H,6-9H2,1H3,(H2,14,16,17). The van der Waals surface area contributed by atoms with Crippen molar-refractivity contribution in [2.75, 3.05) is 6.54 Å². The molecule has 0 aromatic heterocycles. The summed E-state index contributed by atoms with van der Waals surface area (Å²) < 4.78 is 22.5. The van der Waals surface area contributed by atoms with Crippen LogP contribution in [0.1, 0.15) is 24.0 Å². The third-order valence-corrected chi connectivity index (χ3v) is 5.00. The molecule has 4 nitrogen and oxygen atoms in total. The van der Waals surface area contributed by atoms with Gasteiger partial charge in [0.2, 0.25) is 10.0 Å². The maximum atomic E-state index is 11.2.